The van der Waals surface area contributed by atoms with Gasteiger partial charge in [-0.2, -0.15) is 0 Å². The zero-order chi connectivity index (χ0) is 18.2. The Kier molecular flexibility index (Phi) is 3.67. The first-order chi connectivity index (χ1) is 13.3. The maximum Gasteiger partial charge on any atom is 0.254 e. The maximum absolute atomic E-state index is 13.1. The van der Waals surface area contributed by atoms with Gasteiger partial charge in [0.1, 0.15) is 12.2 Å². The third-order valence-corrected chi connectivity index (χ3v) is 4.96. The summed E-state index contributed by atoms with van der Waals surface area (Å²) in [5.41, 5.74) is 3.39. The summed E-state index contributed by atoms with van der Waals surface area (Å²) in [5, 5.41) is 11.1. The molecule has 1 aliphatic rings. The van der Waals surface area contributed by atoms with Crippen LogP contribution in [0.3, 0.4) is 0 Å². The van der Waals surface area contributed by atoms with Gasteiger partial charge in [-0.1, -0.05) is 12.1 Å². The fourth-order valence-electron chi connectivity index (χ4n) is 3.63. The number of hydrogen-bond acceptors (Lipinski definition) is 5. The number of nitrogens with zero attached hydrogens (tertiary/aromatic N) is 6. The second-order valence-corrected chi connectivity index (χ2v) is 6.60. The van der Waals surface area contributed by atoms with Gasteiger partial charge in [0.05, 0.1) is 22.8 Å². The number of H-pyrrole nitrogens is 1. The first kappa shape index (κ1) is 15.7. The smallest absolute Gasteiger partial charge is 0.254 e. The number of fused-ring (bicyclic) bond motifs is 1. The summed E-state index contributed by atoms with van der Waals surface area (Å²) >= 11 is 0. The fourth-order valence-corrected chi connectivity index (χ4v) is 3.63. The van der Waals surface area contributed by atoms with Gasteiger partial charge in [-0.15, -0.1) is 5.10 Å². The molecule has 1 aliphatic heterocycles. The van der Waals surface area contributed by atoms with E-state index in [1.54, 1.807) is 4.68 Å². The molecule has 1 saturated heterocycles. The van der Waals surface area contributed by atoms with Crippen LogP contribution in [0.5, 0.6) is 0 Å². The van der Waals surface area contributed by atoms with Crippen LogP contribution in [-0.4, -0.2) is 47.5 Å². The van der Waals surface area contributed by atoms with Gasteiger partial charge < -0.3 is 9.88 Å². The largest absolute Gasteiger partial charge is 0.340 e. The van der Waals surface area contributed by atoms with Gasteiger partial charge in [0, 0.05) is 12.1 Å². The van der Waals surface area contributed by atoms with E-state index in [2.05, 4.69) is 20.5 Å². The summed E-state index contributed by atoms with van der Waals surface area (Å²) in [5.74, 6) is 0.869. The number of likely N-dealkylation sites (tertiary alicyclic amines) is 1. The lowest BCUT2D eigenvalue weighted by Gasteiger charge is -2.23. The highest BCUT2D eigenvalue weighted by Crippen LogP contribution is 2.32. The van der Waals surface area contributed by atoms with Crippen LogP contribution in [0.15, 0.2) is 54.9 Å². The molecule has 5 rings (SSSR count). The van der Waals surface area contributed by atoms with Crippen molar-refractivity contribution >= 4 is 16.9 Å². The van der Waals surface area contributed by atoms with Gasteiger partial charge in [0.25, 0.3) is 5.91 Å². The van der Waals surface area contributed by atoms with Crippen LogP contribution in [0, 0.1) is 0 Å². The standard InChI is InChI=1S/C19H17N7O/c27-19(13-7-9-14(10-8-13)26-12-20-23-24-26)25-11-3-6-17(25)18-21-15-4-1-2-5-16(15)22-18/h1-2,4-5,7-10,12,17H,3,6,11H2,(H,21,22)/t17-/m1/s1. The highest BCUT2D eigenvalue weighted by molar-refractivity contribution is 5.95. The van der Waals surface area contributed by atoms with E-state index in [-0.39, 0.29) is 11.9 Å². The molecule has 0 unspecified atom stereocenters. The lowest BCUT2D eigenvalue weighted by molar-refractivity contribution is 0.0730. The van der Waals surface area contributed by atoms with Crippen LogP contribution in [0.4, 0.5) is 0 Å². The SMILES string of the molecule is O=C(c1ccc(-n2cnnn2)cc1)N1CCC[C@@H]1c1nc2ccccc2[nH]1. The van der Waals surface area contributed by atoms with Crippen molar-refractivity contribution in [3.05, 3.63) is 66.2 Å². The Morgan fingerprint density at radius 1 is 1.11 bits per heavy atom. The van der Waals surface area contributed by atoms with Crippen molar-refractivity contribution in [2.24, 2.45) is 0 Å². The van der Waals surface area contributed by atoms with Crippen molar-refractivity contribution in [1.29, 1.82) is 0 Å². The summed E-state index contributed by atoms with van der Waals surface area (Å²) in [7, 11) is 0. The van der Waals surface area contributed by atoms with Gasteiger partial charge in [-0.3, -0.25) is 4.79 Å². The molecule has 1 fully saturated rings. The Morgan fingerprint density at radius 2 is 1.96 bits per heavy atom. The van der Waals surface area contributed by atoms with Gasteiger partial charge in [0.15, 0.2) is 0 Å². The van der Waals surface area contributed by atoms with E-state index in [9.17, 15) is 4.79 Å². The summed E-state index contributed by atoms with van der Waals surface area (Å²) in [6.07, 6.45) is 3.40. The summed E-state index contributed by atoms with van der Waals surface area (Å²) in [6, 6.07) is 15.2. The molecule has 0 aliphatic carbocycles. The van der Waals surface area contributed by atoms with Crippen molar-refractivity contribution in [3.63, 3.8) is 0 Å². The van der Waals surface area contributed by atoms with E-state index in [4.69, 9.17) is 4.98 Å². The lowest BCUT2D eigenvalue weighted by atomic mass is 10.1. The van der Waals surface area contributed by atoms with Gasteiger partial charge in [-0.25, -0.2) is 9.67 Å². The molecule has 1 atom stereocenters. The van der Waals surface area contributed by atoms with E-state index in [1.165, 1.54) is 6.33 Å². The number of para-hydroxylation sites is 2. The third kappa shape index (κ3) is 2.75. The fraction of sp³-hybridized carbons (Fsp3) is 0.211. The minimum Gasteiger partial charge on any atom is -0.340 e. The van der Waals surface area contributed by atoms with Crippen molar-refractivity contribution in [2.45, 2.75) is 18.9 Å². The van der Waals surface area contributed by atoms with Crippen molar-refractivity contribution in [1.82, 2.24) is 35.1 Å². The molecule has 27 heavy (non-hydrogen) atoms. The number of nitrogens with one attached hydrogen (secondary N) is 1. The van der Waals surface area contributed by atoms with Crippen molar-refractivity contribution < 1.29 is 4.79 Å². The maximum atomic E-state index is 13.1. The second kappa shape index (κ2) is 6.31. The molecule has 0 radical (unpaired) electrons. The lowest BCUT2D eigenvalue weighted by Crippen LogP contribution is -2.31. The predicted octanol–water partition coefficient (Wildman–Crippen LogP) is 2.52. The van der Waals surface area contributed by atoms with E-state index in [0.29, 0.717) is 5.56 Å². The molecule has 0 bridgehead atoms. The second-order valence-electron chi connectivity index (χ2n) is 6.60. The molecule has 0 saturated carbocycles. The molecule has 2 aromatic carbocycles. The minimum atomic E-state index is -0.0240. The molecule has 134 valence electrons. The molecule has 8 nitrogen and oxygen atoms in total. The summed E-state index contributed by atoms with van der Waals surface area (Å²) in [6.45, 7) is 0.731. The van der Waals surface area contributed by atoms with Gasteiger partial charge >= 0.3 is 0 Å². The number of carbonyl (C=O) groups is 1. The highest BCUT2D eigenvalue weighted by atomic mass is 16.2. The Bertz CT molecular complexity index is 1050. The van der Waals surface area contributed by atoms with Gasteiger partial charge in [0.2, 0.25) is 0 Å². The first-order valence-corrected chi connectivity index (χ1v) is 8.89. The monoisotopic (exact) mass is 359 g/mol. The molecule has 1 amide bonds. The van der Waals surface area contributed by atoms with Crippen LogP contribution in [0.25, 0.3) is 16.7 Å². The molecule has 0 spiro atoms. The number of aromatic nitrogens is 6. The van der Waals surface area contributed by atoms with Gasteiger partial charge in [-0.05, 0) is 59.7 Å². The third-order valence-electron chi connectivity index (χ3n) is 4.96. The van der Waals surface area contributed by atoms with E-state index < -0.39 is 0 Å². The van der Waals surface area contributed by atoms with E-state index in [0.717, 1.165) is 41.9 Å². The number of benzene rings is 2. The zero-order valence-corrected chi connectivity index (χ0v) is 14.5. The molecule has 8 heteroatoms. The molecule has 2 aromatic heterocycles. The highest BCUT2D eigenvalue weighted by Gasteiger charge is 2.32. The number of tetrazole rings is 1. The Morgan fingerprint density at radius 3 is 2.74 bits per heavy atom. The quantitative estimate of drug-likeness (QED) is 0.607. The van der Waals surface area contributed by atoms with Crippen molar-refractivity contribution in [2.75, 3.05) is 6.54 Å². The topological polar surface area (TPSA) is 92.6 Å². The van der Waals surface area contributed by atoms with E-state index in [1.807, 2.05) is 53.4 Å². The van der Waals surface area contributed by atoms with Crippen LogP contribution in [0.2, 0.25) is 0 Å². The number of carbonyl (C=O) groups excluding carboxylic acids is 1. The van der Waals surface area contributed by atoms with Crippen LogP contribution in [0.1, 0.15) is 35.1 Å². The zero-order valence-electron chi connectivity index (χ0n) is 14.5. The molecule has 1 N–H and O–H groups in total. The Labute approximate surface area is 154 Å². The average Bonchev–Trinajstić information content (AvgIpc) is 3.47. The summed E-state index contributed by atoms with van der Waals surface area (Å²) < 4.78 is 1.56. The normalized spacial score (nSPS) is 16.9. The average molecular weight is 359 g/mol. The van der Waals surface area contributed by atoms with Crippen LogP contribution < -0.4 is 0 Å². The Hall–Kier alpha value is -3.55. The van der Waals surface area contributed by atoms with Crippen LogP contribution in [-0.2, 0) is 0 Å². The molecule has 3 heterocycles. The number of imidazole rings is 1. The first-order valence-electron chi connectivity index (χ1n) is 8.89. The number of aromatic amines is 1. The molecular formula is C19H17N7O. The number of amides is 1. The molecular weight excluding hydrogens is 342 g/mol. The van der Waals surface area contributed by atoms with E-state index >= 15 is 0 Å². The van der Waals surface area contributed by atoms with Crippen molar-refractivity contribution in [3.8, 4) is 5.69 Å². The summed E-state index contributed by atoms with van der Waals surface area (Å²) in [4.78, 5) is 23.1. The predicted molar refractivity (Wildman–Crippen MR) is 98.3 cm³/mol. The Balaban J connectivity index is 1.41. The number of hydrogen-bond donors (Lipinski definition) is 1. The van der Waals surface area contributed by atoms with Crippen LogP contribution >= 0.6 is 0 Å². The number of rotatable bonds is 3. The minimum absolute atomic E-state index is 0.0150. The molecule has 4 aromatic rings.